The standard InChI is InChI=1S/C27H25N5O3S2/c1-27(2)23(32(35)25(34)29-22-16-8-12-18-10-4-6-14-20(18)22)31(26(36)37-27)30-24(33)28-21-15-7-11-17-9-3-5-13-19(17)21/h3-16,23,35H,1-2H3,(H,29,34)(H2,28,30,33)/t23-/m1/s1. The summed E-state index contributed by atoms with van der Waals surface area (Å²) >= 11 is 6.78. The van der Waals surface area contributed by atoms with Crippen molar-refractivity contribution < 1.29 is 14.8 Å². The van der Waals surface area contributed by atoms with Gasteiger partial charge < -0.3 is 10.6 Å². The number of hydrogen-bond donors (Lipinski definition) is 4. The largest absolute Gasteiger partial charge is 0.347 e. The van der Waals surface area contributed by atoms with Crippen LogP contribution in [0.3, 0.4) is 0 Å². The number of carbonyl (C=O) groups is 2. The van der Waals surface area contributed by atoms with Crippen LogP contribution < -0.4 is 16.1 Å². The molecule has 1 aliphatic rings. The second-order valence-corrected chi connectivity index (χ2v) is 11.4. The maximum absolute atomic E-state index is 13.2. The Morgan fingerprint density at radius 2 is 1.38 bits per heavy atom. The van der Waals surface area contributed by atoms with Crippen LogP contribution in [-0.2, 0) is 0 Å². The van der Waals surface area contributed by atoms with E-state index in [0.29, 0.717) is 20.8 Å². The number of fused-ring (bicyclic) bond motifs is 2. The summed E-state index contributed by atoms with van der Waals surface area (Å²) in [6.07, 6.45) is -0.974. The predicted octanol–water partition coefficient (Wildman–Crippen LogP) is 6.39. The number of hydrogen-bond acceptors (Lipinski definition) is 5. The highest BCUT2D eigenvalue weighted by atomic mass is 32.2. The highest BCUT2D eigenvalue weighted by Gasteiger charge is 2.50. The van der Waals surface area contributed by atoms with Gasteiger partial charge in [-0.1, -0.05) is 96.8 Å². The number of anilines is 2. The summed E-state index contributed by atoms with van der Waals surface area (Å²) in [4.78, 5) is 26.2. The Balaban J connectivity index is 1.35. The Morgan fingerprint density at radius 1 is 0.865 bits per heavy atom. The Labute approximate surface area is 223 Å². The predicted molar refractivity (Wildman–Crippen MR) is 153 cm³/mol. The number of rotatable bonds is 4. The highest BCUT2D eigenvalue weighted by Crippen LogP contribution is 2.41. The van der Waals surface area contributed by atoms with Crippen molar-refractivity contribution in [3.8, 4) is 0 Å². The third kappa shape index (κ3) is 4.91. The molecule has 0 bridgehead atoms. The van der Waals surface area contributed by atoms with E-state index in [4.69, 9.17) is 12.2 Å². The number of amides is 4. The molecule has 4 amide bonds. The average Bonchev–Trinajstić information content (AvgIpc) is 3.10. The van der Waals surface area contributed by atoms with Crippen molar-refractivity contribution in [2.75, 3.05) is 10.6 Å². The number of thioether (sulfide) groups is 1. The molecule has 37 heavy (non-hydrogen) atoms. The van der Waals surface area contributed by atoms with Crippen LogP contribution in [0.25, 0.3) is 21.5 Å². The summed E-state index contributed by atoms with van der Waals surface area (Å²) < 4.78 is -0.408. The van der Waals surface area contributed by atoms with Gasteiger partial charge in [0, 0.05) is 10.8 Å². The Kier molecular flexibility index (Phi) is 6.63. The van der Waals surface area contributed by atoms with Gasteiger partial charge in [0.15, 0.2) is 10.5 Å². The van der Waals surface area contributed by atoms with Gasteiger partial charge in [0.25, 0.3) is 0 Å². The van der Waals surface area contributed by atoms with E-state index < -0.39 is 23.0 Å². The van der Waals surface area contributed by atoms with Gasteiger partial charge in [-0.15, -0.1) is 0 Å². The van der Waals surface area contributed by atoms with Crippen molar-refractivity contribution in [3.63, 3.8) is 0 Å². The number of thiocarbonyl (C=S) groups is 1. The molecular weight excluding hydrogens is 506 g/mol. The lowest BCUT2D eigenvalue weighted by molar-refractivity contribution is -0.120. The molecule has 1 fully saturated rings. The second-order valence-electron chi connectivity index (χ2n) is 9.11. The van der Waals surface area contributed by atoms with Gasteiger partial charge in [-0.3, -0.25) is 5.21 Å². The molecule has 1 heterocycles. The molecule has 0 unspecified atom stereocenters. The molecule has 0 aliphatic carbocycles. The summed E-state index contributed by atoms with van der Waals surface area (Å²) in [5.41, 5.74) is 3.90. The quantitative estimate of drug-likeness (QED) is 0.138. The topological polar surface area (TPSA) is 96.9 Å². The first kappa shape index (κ1) is 24.8. The maximum atomic E-state index is 13.2. The molecule has 5 rings (SSSR count). The van der Waals surface area contributed by atoms with E-state index in [1.807, 2.05) is 86.6 Å². The van der Waals surface area contributed by atoms with Crippen LogP contribution in [0.15, 0.2) is 84.9 Å². The van der Waals surface area contributed by atoms with Crippen LogP contribution in [0, 0.1) is 0 Å². The molecule has 4 N–H and O–H groups in total. The monoisotopic (exact) mass is 531 g/mol. The minimum absolute atomic E-state index is 0.320. The zero-order valence-electron chi connectivity index (χ0n) is 20.1. The molecule has 1 aliphatic heterocycles. The number of urea groups is 2. The van der Waals surface area contributed by atoms with Crippen molar-refractivity contribution in [1.29, 1.82) is 0 Å². The third-order valence-electron chi connectivity index (χ3n) is 6.14. The molecule has 0 spiro atoms. The lowest BCUT2D eigenvalue weighted by Crippen LogP contribution is -2.60. The van der Waals surface area contributed by atoms with Gasteiger partial charge in [-0.2, -0.15) is 5.06 Å². The summed E-state index contributed by atoms with van der Waals surface area (Å²) in [5, 5.41) is 22.3. The lowest BCUT2D eigenvalue weighted by atomic mass is 10.1. The number of nitrogens with one attached hydrogen (secondary N) is 3. The SMILES string of the molecule is CC1(C)SC(=S)N(NC(=O)Nc2cccc3ccccc23)[C@@H]1N(O)C(=O)Nc1cccc2ccccc12. The van der Waals surface area contributed by atoms with Gasteiger partial charge >= 0.3 is 12.1 Å². The molecule has 10 heteroatoms. The third-order valence-corrected chi connectivity index (χ3v) is 7.70. The van der Waals surface area contributed by atoms with Crippen molar-refractivity contribution >= 4 is 73.3 Å². The van der Waals surface area contributed by atoms with E-state index in [-0.39, 0.29) is 0 Å². The smallest absolute Gasteiger partial charge is 0.306 e. The molecular formula is C27H25N5O3S2. The lowest BCUT2D eigenvalue weighted by Gasteiger charge is -2.36. The van der Waals surface area contributed by atoms with E-state index in [9.17, 15) is 14.8 Å². The minimum atomic E-state index is -0.974. The first-order valence-corrected chi connectivity index (χ1v) is 12.8. The first-order chi connectivity index (χ1) is 17.7. The van der Waals surface area contributed by atoms with Crippen LogP contribution in [0.5, 0.6) is 0 Å². The fourth-order valence-corrected chi connectivity index (χ4v) is 6.25. The zero-order chi connectivity index (χ0) is 26.2. The number of carbonyl (C=O) groups excluding carboxylic acids is 2. The van der Waals surface area contributed by atoms with Crippen LogP contribution in [0.2, 0.25) is 0 Å². The van der Waals surface area contributed by atoms with Gasteiger partial charge in [0.1, 0.15) is 0 Å². The first-order valence-electron chi connectivity index (χ1n) is 11.6. The highest BCUT2D eigenvalue weighted by molar-refractivity contribution is 8.24. The summed E-state index contributed by atoms with van der Waals surface area (Å²) in [7, 11) is 0. The summed E-state index contributed by atoms with van der Waals surface area (Å²) in [5.74, 6) is 0. The average molecular weight is 532 g/mol. The summed E-state index contributed by atoms with van der Waals surface area (Å²) in [6, 6.07) is 25.2. The molecule has 4 aromatic rings. The molecule has 0 radical (unpaired) electrons. The van der Waals surface area contributed by atoms with Crippen molar-refractivity contribution in [3.05, 3.63) is 84.9 Å². The van der Waals surface area contributed by atoms with Gasteiger partial charge in [0.05, 0.1) is 16.1 Å². The minimum Gasteiger partial charge on any atom is -0.306 e. The normalized spacial score (nSPS) is 16.6. The molecule has 1 saturated heterocycles. The molecule has 4 aromatic carbocycles. The van der Waals surface area contributed by atoms with E-state index in [2.05, 4.69) is 16.1 Å². The molecule has 1 atom stereocenters. The van der Waals surface area contributed by atoms with Crippen molar-refractivity contribution in [1.82, 2.24) is 15.5 Å². The van der Waals surface area contributed by atoms with Crippen molar-refractivity contribution in [2.45, 2.75) is 24.8 Å². The molecule has 188 valence electrons. The Hall–Kier alpha value is -3.86. The Morgan fingerprint density at radius 3 is 1.97 bits per heavy atom. The van der Waals surface area contributed by atoms with Gasteiger partial charge in [-0.05, 0) is 36.8 Å². The van der Waals surface area contributed by atoms with Crippen molar-refractivity contribution in [2.24, 2.45) is 0 Å². The fraction of sp³-hybridized carbons (Fsp3) is 0.148. The molecule has 0 saturated carbocycles. The Bertz CT molecular complexity index is 1520. The van der Waals surface area contributed by atoms with E-state index >= 15 is 0 Å². The molecule has 0 aromatic heterocycles. The number of benzene rings is 4. The van der Waals surface area contributed by atoms with E-state index in [1.165, 1.54) is 16.8 Å². The second kappa shape index (κ2) is 9.89. The van der Waals surface area contributed by atoms with Crippen LogP contribution in [0.1, 0.15) is 13.8 Å². The van der Waals surface area contributed by atoms with Crippen LogP contribution >= 0.6 is 24.0 Å². The van der Waals surface area contributed by atoms with E-state index in [0.717, 1.165) is 21.5 Å². The zero-order valence-corrected chi connectivity index (χ0v) is 21.8. The molecule has 8 nitrogen and oxygen atoms in total. The van der Waals surface area contributed by atoms with E-state index in [1.54, 1.807) is 12.1 Å². The summed E-state index contributed by atoms with van der Waals surface area (Å²) in [6.45, 7) is 3.68. The number of hydroxylamine groups is 2. The fourth-order valence-electron chi connectivity index (χ4n) is 4.46. The van der Waals surface area contributed by atoms with Crippen LogP contribution in [0.4, 0.5) is 21.0 Å². The number of nitrogens with zero attached hydrogens (tertiary/aromatic N) is 2. The van der Waals surface area contributed by atoms with Gasteiger partial charge in [-0.25, -0.2) is 20.0 Å². The number of hydrazine groups is 1. The van der Waals surface area contributed by atoms with Gasteiger partial charge in [0.2, 0.25) is 0 Å². The van der Waals surface area contributed by atoms with Crippen LogP contribution in [-0.4, -0.2) is 42.6 Å². The maximum Gasteiger partial charge on any atom is 0.347 e.